The Morgan fingerprint density at radius 2 is 1.76 bits per heavy atom. The van der Waals surface area contributed by atoms with Crippen LogP contribution in [0, 0.1) is 0 Å². The van der Waals surface area contributed by atoms with Crippen LogP contribution in [-0.4, -0.2) is 11.3 Å². The highest BCUT2D eigenvalue weighted by Gasteiger charge is 2.16. The number of aldehydes is 1. The van der Waals surface area contributed by atoms with E-state index in [1.807, 2.05) is 0 Å². The molecule has 0 aliphatic heterocycles. The molecule has 130 valence electrons. The Bertz CT molecular complexity index is 879. The van der Waals surface area contributed by atoms with Crippen LogP contribution in [0.5, 0.6) is 0 Å². The number of benzene rings is 2. The smallest absolute Gasteiger partial charge is 0.152 e. The Kier molecular flexibility index (Phi) is 4.80. The molecular weight excluding hydrogens is 306 g/mol. The minimum absolute atomic E-state index is 0.126. The van der Waals surface area contributed by atoms with Crippen molar-refractivity contribution in [3.05, 3.63) is 59.2 Å². The average Bonchev–Trinajstić information content (AvgIpc) is 2.97. The van der Waals surface area contributed by atoms with Crippen molar-refractivity contribution in [2.45, 2.75) is 52.4 Å². The van der Waals surface area contributed by atoms with Crippen LogP contribution >= 0.6 is 0 Å². The van der Waals surface area contributed by atoms with Crippen molar-refractivity contribution in [2.75, 3.05) is 0 Å². The van der Waals surface area contributed by atoms with Crippen molar-refractivity contribution >= 4 is 17.2 Å². The van der Waals surface area contributed by atoms with Crippen LogP contribution in [0.2, 0.25) is 0 Å². The minimum Gasteiger partial charge on any atom is -0.354 e. The summed E-state index contributed by atoms with van der Waals surface area (Å²) in [6.07, 6.45) is 4.39. The fourth-order valence-electron chi connectivity index (χ4n) is 3.28. The molecule has 3 aromatic rings. The number of carbonyl (C=O) groups is 1. The molecule has 0 aliphatic carbocycles. The van der Waals surface area contributed by atoms with Gasteiger partial charge in [0.15, 0.2) is 6.29 Å². The van der Waals surface area contributed by atoms with Crippen LogP contribution < -0.4 is 0 Å². The third-order valence-electron chi connectivity index (χ3n) is 4.88. The fraction of sp³-hybridized carbons (Fsp3) is 0.348. The Labute approximate surface area is 150 Å². The highest BCUT2D eigenvalue weighted by atomic mass is 16.1. The van der Waals surface area contributed by atoms with E-state index >= 15 is 0 Å². The Balaban J connectivity index is 2.05. The third kappa shape index (κ3) is 3.53. The molecule has 0 bridgehead atoms. The standard InChI is InChI=1S/C23H27NO/c1-5-6-7-16-8-13-21-19(14-16)20(15-25)22(24-21)17-9-11-18(12-10-17)23(2,3)4/h8-15,24H,5-7H2,1-4H3. The maximum absolute atomic E-state index is 11.8. The predicted molar refractivity (Wildman–Crippen MR) is 106 cm³/mol. The number of unbranched alkanes of at least 4 members (excludes halogenated alkanes) is 1. The van der Waals surface area contributed by atoms with E-state index in [0.29, 0.717) is 0 Å². The zero-order chi connectivity index (χ0) is 18.0. The molecule has 0 saturated carbocycles. The van der Waals surface area contributed by atoms with Crippen molar-refractivity contribution in [1.29, 1.82) is 0 Å². The van der Waals surface area contributed by atoms with Gasteiger partial charge in [0.25, 0.3) is 0 Å². The first-order valence-corrected chi connectivity index (χ1v) is 9.14. The fourth-order valence-corrected chi connectivity index (χ4v) is 3.28. The van der Waals surface area contributed by atoms with Crippen LogP contribution in [0.3, 0.4) is 0 Å². The molecule has 2 nitrogen and oxygen atoms in total. The molecule has 1 heterocycles. The number of rotatable bonds is 5. The number of aryl methyl sites for hydroxylation is 1. The Morgan fingerprint density at radius 3 is 2.36 bits per heavy atom. The predicted octanol–water partition coefficient (Wildman–Crippen LogP) is 6.29. The number of hydrogen-bond acceptors (Lipinski definition) is 1. The maximum Gasteiger partial charge on any atom is 0.152 e. The van der Waals surface area contributed by atoms with Gasteiger partial charge in [-0.15, -0.1) is 0 Å². The van der Waals surface area contributed by atoms with E-state index in [2.05, 4.69) is 75.1 Å². The molecule has 0 saturated heterocycles. The molecule has 0 fully saturated rings. The van der Waals surface area contributed by atoms with Crippen molar-refractivity contribution in [1.82, 2.24) is 4.98 Å². The molecule has 0 radical (unpaired) electrons. The van der Waals surface area contributed by atoms with Gasteiger partial charge in [0.05, 0.1) is 5.69 Å². The zero-order valence-electron chi connectivity index (χ0n) is 15.6. The number of aromatic nitrogens is 1. The normalized spacial score (nSPS) is 11.8. The molecule has 2 heteroatoms. The van der Waals surface area contributed by atoms with E-state index in [1.54, 1.807) is 0 Å². The molecule has 0 unspecified atom stereocenters. The molecule has 1 aromatic heterocycles. The van der Waals surface area contributed by atoms with Gasteiger partial charge in [-0.05, 0) is 47.1 Å². The molecule has 0 aliphatic rings. The lowest BCUT2D eigenvalue weighted by Crippen LogP contribution is -2.10. The molecular formula is C23H27NO. The lowest BCUT2D eigenvalue weighted by atomic mass is 9.86. The van der Waals surface area contributed by atoms with Crippen LogP contribution in [0.15, 0.2) is 42.5 Å². The van der Waals surface area contributed by atoms with E-state index in [1.165, 1.54) is 24.0 Å². The van der Waals surface area contributed by atoms with Crippen LogP contribution in [0.4, 0.5) is 0 Å². The first kappa shape index (κ1) is 17.5. The maximum atomic E-state index is 11.8. The minimum atomic E-state index is 0.126. The quantitative estimate of drug-likeness (QED) is 0.547. The second-order valence-electron chi connectivity index (χ2n) is 7.84. The van der Waals surface area contributed by atoms with Gasteiger partial charge >= 0.3 is 0 Å². The highest BCUT2D eigenvalue weighted by molar-refractivity contribution is 6.04. The summed E-state index contributed by atoms with van der Waals surface area (Å²) in [7, 11) is 0. The monoisotopic (exact) mass is 333 g/mol. The van der Waals surface area contributed by atoms with Gasteiger partial charge in [-0.25, -0.2) is 0 Å². The molecule has 0 spiro atoms. The number of hydrogen-bond donors (Lipinski definition) is 1. The van der Waals surface area contributed by atoms with Gasteiger partial charge in [0, 0.05) is 16.5 Å². The number of H-pyrrole nitrogens is 1. The summed E-state index contributed by atoms with van der Waals surface area (Å²) in [4.78, 5) is 15.2. The SMILES string of the molecule is CCCCc1ccc2[nH]c(-c3ccc(C(C)(C)C)cc3)c(C=O)c2c1. The van der Waals surface area contributed by atoms with E-state index in [0.717, 1.165) is 40.4 Å². The van der Waals surface area contributed by atoms with Crippen molar-refractivity contribution in [3.8, 4) is 11.3 Å². The number of aromatic amines is 1. The summed E-state index contributed by atoms with van der Waals surface area (Å²) in [6.45, 7) is 8.82. The lowest BCUT2D eigenvalue weighted by molar-refractivity contribution is 0.112. The largest absolute Gasteiger partial charge is 0.354 e. The molecule has 2 aromatic carbocycles. The van der Waals surface area contributed by atoms with Crippen LogP contribution in [0.25, 0.3) is 22.2 Å². The molecule has 3 rings (SSSR count). The van der Waals surface area contributed by atoms with Gasteiger partial charge in [0.2, 0.25) is 0 Å². The second kappa shape index (κ2) is 6.87. The molecule has 0 atom stereocenters. The first-order valence-electron chi connectivity index (χ1n) is 9.14. The van der Waals surface area contributed by atoms with E-state index in [4.69, 9.17) is 0 Å². The number of carbonyl (C=O) groups excluding carboxylic acids is 1. The summed E-state index contributed by atoms with van der Waals surface area (Å²) in [5.74, 6) is 0. The van der Waals surface area contributed by atoms with E-state index < -0.39 is 0 Å². The number of nitrogens with one attached hydrogen (secondary N) is 1. The summed E-state index contributed by atoms with van der Waals surface area (Å²) in [6, 6.07) is 14.9. The summed E-state index contributed by atoms with van der Waals surface area (Å²) in [5.41, 5.74) is 6.47. The topological polar surface area (TPSA) is 32.9 Å². The van der Waals surface area contributed by atoms with Crippen molar-refractivity contribution in [3.63, 3.8) is 0 Å². The molecule has 0 amide bonds. The van der Waals surface area contributed by atoms with Gasteiger partial charge < -0.3 is 4.98 Å². The van der Waals surface area contributed by atoms with Gasteiger partial charge in [-0.1, -0.05) is 64.4 Å². The third-order valence-corrected chi connectivity index (χ3v) is 4.88. The van der Waals surface area contributed by atoms with E-state index in [9.17, 15) is 4.79 Å². The van der Waals surface area contributed by atoms with Gasteiger partial charge in [-0.3, -0.25) is 4.79 Å². The van der Waals surface area contributed by atoms with Crippen LogP contribution in [-0.2, 0) is 11.8 Å². The average molecular weight is 333 g/mol. The Morgan fingerprint density at radius 1 is 1.04 bits per heavy atom. The molecule has 1 N–H and O–H groups in total. The van der Waals surface area contributed by atoms with Crippen molar-refractivity contribution in [2.24, 2.45) is 0 Å². The zero-order valence-corrected chi connectivity index (χ0v) is 15.6. The second-order valence-corrected chi connectivity index (χ2v) is 7.84. The summed E-state index contributed by atoms with van der Waals surface area (Å²) < 4.78 is 0. The lowest BCUT2D eigenvalue weighted by Gasteiger charge is -2.19. The molecule has 25 heavy (non-hydrogen) atoms. The first-order chi connectivity index (χ1) is 11.9. The van der Waals surface area contributed by atoms with Crippen molar-refractivity contribution < 1.29 is 4.79 Å². The summed E-state index contributed by atoms with van der Waals surface area (Å²) >= 11 is 0. The van der Waals surface area contributed by atoms with Crippen LogP contribution in [0.1, 0.15) is 62.0 Å². The van der Waals surface area contributed by atoms with Gasteiger partial charge in [0.1, 0.15) is 0 Å². The summed E-state index contributed by atoms with van der Waals surface area (Å²) in [5, 5.41) is 1.03. The van der Waals surface area contributed by atoms with E-state index in [-0.39, 0.29) is 5.41 Å². The number of fused-ring (bicyclic) bond motifs is 1. The highest BCUT2D eigenvalue weighted by Crippen LogP contribution is 2.32. The van der Waals surface area contributed by atoms with Gasteiger partial charge in [-0.2, -0.15) is 0 Å². The Hall–Kier alpha value is -2.35.